The Balaban J connectivity index is 2.17. The van der Waals surface area contributed by atoms with Gasteiger partial charge in [-0.3, -0.25) is 0 Å². The molecule has 0 atom stereocenters. The smallest absolute Gasteiger partial charge is 0.0728 e. The summed E-state index contributed by atoms with van der Waals surface area (Å²) in [7, 11) is 0. The number of thioether (sulfide) groups is 1. The number of rotatable bonds is 3. The third-order valence-electron chi connectivity index (χ3n) is 3.41. The monoisotopic (exact) mass is 279 g/mol. The zero-order valence-corrected chi connectivity index (χ0v) is 12.4. The molecule has 3 rings (SSSR count). The van der Waals surface area contributed by atoms with Gasteiger partial charge in [-0.25, -0.2) is 0 Å². The van der Waals surface area contributed by atoms with Gasteiger partial charge in [0.05, 0.1) is 10.7 Å². The molecule has 2 aromatic rings. The molecule has 0 saturated carbocycles. The summed E-state index contributed by atoms with van der Waals surface area (Å²) in [6.07, 6.45) is 0. The molecule has 0 spiro atoms. The summed E-state index contributed by atoms with van der Waals surface area (Å²) >= 11 is 1.77. The molecular weight excluding hydrogens is 262 g/mol. The van der Waals surface area contributed by atoms with Crippen LogP contribution in [0.1, 0.15) is 18.1 Å². The molecule has 100 valence electrons. The van der Waals surface area contributed by atoms with Crippen molar-refractivity contribution in [3.8, 4) is 0 Å². The van der Waals surface area contributed by atoms with E-state index in [2.05, 4.69) is 79.1 Å². The zero-order chi connectivity index (χ0) is 13.9. The van der Waals surface area contributed by atoms with Gasteiger partial charge in [-0.05, 0) is 18.1 Å². The number of benzene rings is 2. The van der Waals surface area contributed by atoms with Crippen LogP contribution in [0.5, 0.6) is 0 Å². The molecule has 0 radical (unpaired) electrons. The largest absolute Gasteiger partial charge is 0.335 e. The van der Waals surface area contributed by atoms with Gasteiger partial charge in [0.2, 0.25) is 0 Å². The Kier molecular flexibility index (Phi) is 3.66. The van der Waals surface area contributed by atoms with Crippen molar-refractivity contribution >= 4 is 22.4 Å². The normalized spacial score (nSPS) is 15.1. The van der Waals surface area contributed by atoms with Gasteiger partial charge in [0, 0.05) is 11.4 Å². The summed E-state index contributed by atoms with van der Waals surface area (Å²) < 4.78 is 0. The third-order valence-corrected chi connectivity index (χ3v) is 4.49. The van der Waals surface area contributed by atoms with Crippen molar-refractivity contribution < 1.29 is 0 Å². The maximum atomic E-state index is 4.21. The molecule has 1 aliphatic rings. The number of hydrogen-bond acceptors (Lipinski definition) is 2. The van der Waals surface area contributed by atoms with E-state index in [-0.39, 0.29) is 0 Å². The standard InChI is InChI=1S/C18H17NS/c1-3-19-14(2)20-18(16-12-8-5-9-13-16)17(19)15-10-6-4-7-11-15/h4-13H,2-3H2,1H3. The van der Waals surface area contributed by atoms with Gasteiger partial charge >= 0.3 is 0 Å². The minimum Gasteiger partial charge on any atom is -0.335 e. The quantitative estimate of drug-likeness (QED) is 0.773. The molecule has 1 nitrogen and oxygen atoms in total. The van der Waals surface area contributed by atoms with Gasteiger partial charge in [0.25, 0.3) is 0 Å². The lowest BCUT2D eigenvalue weighted by Gasteiger charge is -2.21. The Hall–Kier alpha value is -1.93. The molecule has 0 aliphatic carbocycles. The van der Waals surface area contributed by atoms with E-state index in [0.717, 1.165) is 11.6 Å². The first-order valence-electron chi connectivity index (χ1n) is 6.80. The second kappa shape index (κ2) is 5.59. The predicted molar refractivity (Wildman–Crippen MR) is 88.8 cm³/mol. The first kappa shape index (κ1) is 13.1. The molecule has 0 N–H and O–H groups in total. The molecule has 0 aromatic heterocycles. The molecule has 0 bridgehead atoms. The lowest BCUT2D eigenvalue weighted by Crippen LogP contribution is -2.15. The molecule has 2 aromatic carbocycles. The van der Waals surface area contributed by atoms with Crippen LogP contribution in [0.15, 0.2) is 72.3 Å². The molecular formula is C18H17NS. The van der Waals surface area contributed by atoms with Crippen LogP contribution in [0.2, 0.25) is 0 Å². The average molecular weight is 279 g/mol. The van der Waals surface area contributed by atoms with E-state index in [9.17, 15) is 0 Å². The Morgan fingerprint density at radius 2 is 1.45 bits per heavy atom. The van der Waals surface area contributed by atoms with Crippen LogP contribution >= 0.6 is 11.8 Å². The van der Waals surface area contributed by atoms with E-state index in [1.54, 1.807) is 11.8 Å². The van der Waals surface area contributed by atoms with Crippen molar-refractivity contribution in [1.82, 2.24) is 4.90 Å². The fraction of sp³-hybridized carbons (Fsp3) is 0.111. The highest BCUT2D eigenvalue weighted by Gasteiger charge is 2.27. The summed E-state index contributed by atoms with van der Waals surface area (Å²) in [5.74, 6) is 0. The molecule has 0 fully saturated rings. The second-order valence-corrected chi connectivity index (χ2v) is 5.73. The Morgan fingerprint density at radius 1 is 0.900 bits per heavy atom. The lowest BCUT2D eigenvalue weighted by atomic mass is 10.1. The van der Waals surface area contributed by atoms with Crippen molar-refractivity contribution in [2.24, 2.45) is 0 Å². The SMILES string of the molecule is C=C1SC(c2ccccc2)=C(c2ccccc2)N1CC. The summed E-state index contributed by atoms with van der Waals surface area (Å²) in [6, 6.07) is 21.1. The highest BCUT2D eigenvalue weighted by molar-refractivity contribution is 8.12. The van der Waals surface area contributed by atoms with Gasteiger partial charge in [-0.2, -0.15) is 0 Å². The van der Waals surface area contributed by atoms with Crippen LogP contribution in [0.3, 0.4) is 0 Å². The van der Waals surface area contributed by atoms with Crippen LogP contribution in [0.4, 0.5) is 0 Å². The lowest BCUT2D eigenvalue weighted by molar-refractivity contribution is 0.559. The van der Waals surface area contributed by atoms with Crippen molar-refractivity contribution in [3.63, 3.8) is 0 Å². The maximum Gasteiger partial charge on any atom is 0.0728 e. The van der Waals surface area contributed by atoms with Gasteiger partial charge in [-0.15, -0.1) is 0 Å². The van der Waals surface area contributed by atoms with E-state index >= 15 is 0 Å². The van der Waals surface area contributed by atoms with Gasteiger partial charge < -0.3 is 4.90 Å². The van der Waals surface area contributed by atoms with Crippen molar-refractivity contribution in [2.45, 2.75) is 6.92 Å². The zero-order valence-electron chi connectivity index (χ0n) is 11.5. The minimum atomic E-state index is 0.937. The van der Waals surface area contributed by atoms with E-state index in [4.69, 9.17) is 0 Å². The fourth-order valence-corrected chi connectivity index (χ4v) is 3.62. The van der Waals surface area contributed by atoms with Crippen molar-refractivity contribution in [3.05, 3.63) is 83.4 Å². The minimum absolute atomic E-state index is 0.937. The van der Waals surface area contributed by atoms with Crippen LogP contribution in [0, 0.1) is 0 Å². The summed E-state index contributed by atoms with van der Waals surface area (Å²) in [5.41, 5.74) is 3.78. The van der Waals surface area contributed by atoms with Crippen LogP contribution in [0.25, 0.3) is 10.6 Å². The van der Waals surface area contributed by atoms with E-state index in [0.29, 0.717) is 0 Å². The number of hydrogen-bond donors (Lipinski definition) is 0. The van der Waals surface area contributed by atoms with Crippen LogP contribution in [-0.4, -0.2) is 11.4 Å². The van der Waals surface area contributed by atoms with Crippen LogP contribution < -0.4 is 0 Å². The summed E-state index contributed by atoms with van der Waals surface area (Å²) in [5, 5.41) is 1.10. The predicted octanol–water partition coefficient (Wildman–Crippen LogP) is 5.05. The first-order chi connectivity index (χ1) is 9.81. The van der Waals surface area contributed by atoms with Crippen molar-refractivity contribution in [1.29, 1.82) is 0 Å². The summed E-state index contributed by atoms with van der Waals surface area (Å²) in [6.45, 7) is 7.31. The van der Waals surface area contributed by atoms with E-state index in [1.807, 2.05) is 0 Å². The molecule has 1 aliphatic heterocycles. The highest BCUT2D eigenvalue weighted by atomic mass is 32.2. The molecule has 0 unspecified atom stereocenters. The Morgan fingerprint density at radius 3 is 2.00 bits per heavy atom. The first-order valence-corrected chi connectivity index (χ1v) is 7.62. The molecule has 20 heavy (non-hydrogen) atoms. The molecule has 0 amide bonds. The number of nitrogens with zero attached hydrogens (tertiary/aromatic N) is 1. The fourth-order valence-electron chi connectivity index (χ4n) is 2.47. The van der Waals surface area contributed by atoms with Gasteiger partial charge in [0.15, 0.2) is 0 Å². The Labute approximate surface area is 124 Å². The average Bonchev–Trinajstić information content (AvgIpc) is 2.85. The van der Waals surface area contributed by atoms with Gasteiger partial charge in [0.1, 0.15) is 0 Å². The maximum absolute atomic E-state index is 4.21. The third kappa shape index (κ3) is 2.27. The highest BCUT2D eigenvalue weighted by Crippen LogP contribution is 2.49. The van der Waals surface area contributed by atoms with Gasteiger partial charge in [-0.1, -0.05) is 79.0 Å². The summed E-state index contributed by atoms with van der Waals surface area (Å²) in [4.78, 5) is 3.59. The van der Waals surface area contributed by atoms with E-state index < -0.39 is 0 Å². The van der Waals surface area contributed by atoms with Crippen molar-refractivity contribution in [2.75, 3.05) is 6.54 Å². The molecule has 1 heterocycles. The van der Waals surface area contributed by atoms with E-state index in [1.165, 1.54) is 21.7 Å². The second-order valence-electron chi connectivity index (χ2n) is 4.65. The van der Waals surface area contributed by atoms with Crippen LogP contribution in [-0.2, 0) is 0 Å². The molecule has 0 saturated heterocycles. The Bertz CT molecular complexity index is 644. The molecule has 2 heteroatoms. The topological polar surface area (TPSA) is 3.24 Å².